The summed E-state index contributed by atoms with van der Waals surface area (Å²) in [5.74, 6) is 0.315. The number of hydrogen-bond acceptors (Lipinski definition) is 3. The zero-order valence-corrected chi connectivity index (χ0v) is 12.2. The largest absolute Gasteiger partial charge is 0.298 e. The van der Waals surface area contributed by atoms with Gasteiger partial charge in [-0.05, 0) is 26.5 Å². The van der Waals surface area contributed by atoms with Crippen LogP contribution in [0.4, 0.5) is 0 Å². The molecule has 0 N–H and O–H groups in total. The van der Waals surface area contributed by atoms with Gasteiger partial charge in [-0.15, -0.1) is 0 Å². The lowest BCUT2D eigenvalue weighted by molar-refractivity contribution is -0.120. The quantitative estimate of drug-likeness (QED) is 0.825. The molecule has 0 spiro atoms. The van der Waals surface area contributed by atoms with Gasteiger partial charge in [0.05, 0.1) is 6.54 Å². The van der Waals surface area contributed by atoms with Crippen LogP contribution in [0.5, 0.6) is 0 Å². The van der Waals surface area contributed by atoms with Crippen LogP contribution in [0.15, 0.2) is 30.3 Å². The Morgan fingerprint density at radius 1 is 1.16 bits per heavy atom. The average Bonchev–Trinajstić information content (AvgIpc) is 2.37. The van der Waals surface area contributed by atoms with E-state index in [0.717, 1.165) is 18.7 Å². The third-order valence-corrected chi connectivity index (χ3v) is 4.08. The van der Waals surface area contributed by atoms with E-state index in [-0.39, 0.29) is 0 Å². The summed E-state index contributed by atoms with van der Waals surface area (Å²) in [7, 11) is 2.17. The second kappa shape index (κ2) is 6.31. The minimum Gasteiger partial charge on any atom is -0.298 e. The second-order valence-corrected chi connectivity index (χ2v) is 5.76. The molecule has 0 saturated carbocycles. The summed E-state index contributed by atoms with van der Waals surface area (Å²) in [5, 5.41) is 0. The number of nitrogens with zero attached hydrogens (tertiary/aromatic N) is 2. The summed E-state index contributed by atoms with van der Waals surface area (Å²) in [5.41, 5.74) is 1.11. The predicted octanol–water partition coefficient (Wildman–Crippen LogP) is 1.82. The Kier molecular flexibility index (Phi) is 4.72. The first-order valence-corrected chi connectivity index (χ1v) is 7.06. The topological polar surface area (TPSA) is 23.6 Å². The van der Waals surface area contributed by atoms with Gasteiger partial charge >= 0.3 is 0 Å². The van der Waals surface area contributed by atoms with Crippen LogP contribution in [0, 0.1) is 0 Å². The SMILES string of the molecule is CC1CN(CC(=O)Cc2ccccc2)CC(C)N1C. The summed E-state index contributed by atoms with van der Waals surface area (Å²) in [6, 6.07) is 11.0. The first kappa shape index (κ1) is 14.2. The molecule has 0 radical (unpaired) electrons. The number of ketones is 1. The van der Waals surface area contributed by atoms with Crippen molar-refractivity contribution < 1.29 is 4.79 Å². The van der Waals surface area contributed by atoms with Crippen LogP contribution in [0.25, 0.3) is 0 Å². The summed E-state index contributed by atoms with van der Waals surface area (Å²) in [4.78, 5) is 16.8. The maximum absolute atomic E-state index is 12.1. The van der Waals surface area contributed by atoms with E-state index in [2.05, 4.69) is 30.7 Å². The first-order chi connectivity index (χ1) is 9.06. The Morgan fingerprint density at radius 3 is 2.32 bits per heavy atom. The lowest BCUT2D eigenvalue weighted by Crippen LogP contribution is -2.55. The molecule has 1 fully saturated rings. The van der Waals surface area contributed by atoms with Gasteiger partial charge in [-0.1, -0.05) is 30.3 Å². The van der Waals surface area contributed by atoms with Crippen molar-refractivity contribution in [2.24, 2.45) is 0 Å². The highest BCUT2D eigenvalue weighted by Gasteiger charge is 2.27. The molecule has 2 unspecified atom stereocenters. The lowest BCUT2D eigenvalue weighted by Gasteiger charge is -2.42. The summed E-state index contributed by atoms with van der Waals surface area (Å²) in [6.07, 6.45) is 0.552. The van der Waals surface area contributed by atoms with Crippen molar-refractivity contribution in [1.29, 1.82) is 0 Å². The van der Waals surface area contributed by atoms with Crippen molar-refractivity contribution in [3.05, 3.63) is 35.9 Å². The predicted molar refractivity (Wildman–Crippen MR) is 78.3 cm³/mol. The number of likely N-dealkylation sites (N-methyl/N-ethyl adjacent to an activating group) is 1. The molecule has 2 atom stereocenters. The monoisotopic (exact) mass is 260 g/mol. The molecule has 0 aromatic heterocycles. The standard InChI is InChI=1S/C16H24N2O/c1-13-10-18(11-14(2)17(13)3)12-16(19)9-15-7-5-4-6-8-15/h4-8,13-14H,9-12H2,1-3H3. The molecule has 1 saturated heterocycles. The van der Waals surface area contributed by atoms with Gasteiger partial charge in [0.25, 0.3) is 0 Å². The Hall–Kier alpha value is -1.19. The highest BCUT2D eigenvalue weighted by atomic mass is 16.1. The zero-order valence-electron chi connectivity index (χ0n) is 12.2. The molecule has 3 heteroatoms. The number of carbonyl (C=O) groups excluding carboxylic acids is 1. The summed E-state index contributed by atoms with van der Waals surface area (Å²) < 4.78 is 0. The molecule has 0 amide bonds. The van der Waals surface area contributed by atoms with E-state index in [1.54, 1.807) is 0 Å². The summed E-state index contributed by atoms with van der Waals surface area (Å²) >= 11 is 0. The molecule has 3 nitrogen and oxygen atoms in total. The molecule has 1 aliphatic rings. The van der Waals surface area contributed by atoms with E-state index < -0.39 is 0 Å². The van der Waals surface area contributed by atoms with Crippen LogP contribution >= 0.6 is 0 Å². The van der Waals surface area contributed by atoms with Crippen molar-refractivity contribution in [3.63, 3.8) is 0 Å². The van der Waals surface area contributed by atoms with E-state index in [4.69, 9.17) is 0 Å². The van der Waals surface area contributed by atoms with Crippen molar-refractivity contribution in [2.75, 3.05) is 26.7 Å². The van der Waals surface area contributed by atoms with Gasteiger partial charge in [-0.2, -0.15) is 0 Å². The van der Waals surface area contributed by atoms with Crippen LogP contribution in [0.2, 0.25) is 0 Å². The van der Waals surface area contributed by atoms with Crippen molar-refractivity contribution in [2.45, 2.75) is 32.4 Å². The molecular formula is C16H24N2O. The van der Waals surface area contributed by atoms with Gasteiger partial charge in [0, 0.05) is 31.6 Å². The number of hydrogen-bond donors (Lipinski definition) is 0. The minimum atomic E-state index is 0.315. The molecule has 19 heavy (non-hydrogen) atoms. The van der Waals surface area contributed by atoms with E-state index in [0.29, 0.717) is 30.8 Å². The lowest BCUT2D eigenvalue weighted by atomic mass is 10.1. The number of piperazine rings is 1. The van der Waals surface area contributed by atoms with E-state index in [9.17, 15) is 4.79 Å². The molecule has 104 valence electrons. The number of rotatable bonds is 4. The third kappa shape index (κ3) is 3.88. The molecule has 0 aliphatic carbocycles. The fraction of sp³-hybridized carbons (Fsp3) is 0.562. The van der Waals surface area contributed by atoms with E-state index in [1.165, 1.54) is 0 Å². The number of benzene rings is 1. The van der Waals surface area contributed by atoms with Gasteiger partial charge in [0.2, 0.25) is 0 Å². The molecule has 1 aromatic carbocycles. The van der Waals surface area contributed by atoms with Crippen LogP contribution in [-0.4, -0.2) is 54.3 Å². The first-order valence-electron chi connectivity index (χ1n) is 7.06. The molecular weight excluding hydrogens is 236 g/mol. The molecule has 1 heterocycles. The van der Waals surface area contributed by atoms with Crippen molar-refractivity contribution in [1.82, 2.24) is 9.80 Å². The van der Waals surface area contributed by atoms with E-state index >= 15 is 0 Å². The van der Waals surface area contributed by atoms with Crippen LogP contribution < -0.4 is 0 Å². The highest BCUT2D eigenvalue weighted by Crippen LogP contribution is 2.13. The fourth-order valence-corrected chi connectivity index (χ4v) is 2.77. The van der Waals surface area contributed by atoms with Crippen LogP contribution in [0.1, 0.15) is 19.4 Å². The Labute approximate surface area is 116 Å². The molecule has 2 rings (SSSR count). The molecule has 1 aliphatic heterocycles. The number of Topliss-reactive ketones (excluding diaryl/α,β-unsaturated/α-hetero) is 1. The smallest absolute Gasteiger partial charge is 0.151 e. The molecule has 1 aromatic rings. The maximum atomic E-state index is 12.1. The Balaban J connectivity index is 1.86. The average molecular weight is 260 g/mol. The maximum Gasteiger partial charge on any atom is 0.151 e. The fourth-order valence-electron chi connectivity index (χ4n) is 2.77. The molecule has 0 bridgehead atoms. The van der Waals surface area contributed by atoms with Crippen LogP contribution in [0.3, 0.4) is 0 Å². The second-order valence-electron chi connectivity index (χ2n) is 5.76. The van der Waals surface area contributed by atoms with Crippen LogP contribution in [-0.2, 0) is 11.2 Å². The van der Waals surface area contributed by atoms with Gasteiger partial charge in [0.15, 0.2) is 5.78 Å². The van der Waals surface area contributed by atoms with Gasteiger partial charge in [-0.3, -0.25) is 14.6 Å². The van der Waals surface area contributed by atoms with Gasteiger partial charge in [-0.25, -0.2) is 0 Å². The Bertz CT molecular complexity index is 406. The van der Waals surface area contributed by atoms with Gasteiger partial charge < -0.3 is 0 Å². The Morgan fingerprint density at radius 2 is 1.74 bits per heavy atom. The van der Waals surface area contributed by atoms with Gasteiger partial charge in [0.1, 0.15) is 0 Å². The summed E-state index contributed by atoms with van der Waals surface area (Å²) in [6.45, 7) is 7.01. The van der Waals surface area contributed by atoms with E-state index in [1.807, 2.05) is 30.3 Å². The third-order valence-electron chi connectivity index (χ3n) is 4.08. The number of carbonyl (C=O) groups is 1. The zero-order chi connectivity index (χ0) is 13.8. The van der Waals surface area contributed by atoms with Crippen molar-refractivity contribution >= 4 is 5.78 Å². The van der Waals surface area contributed by atoms with Crippen molar-refractivity contribution in [3.8, 4) is 0 Å². The normalized spacial score (nSPS) is 25.4. The highest BCUT2D eigenvalue weighted by molar-refractivity contribution is 5.82. The minimum absolute atomic E-state index is 0.315.